The fourth-order valence-corrected chi connectivity index (χ4v) is 2.58. The van der Waals surface area contributed by atoms with Gasteiger partial charge in [0.05, 0.1) is 0 Å². The second-order valence-electron chi connectivity index (χ2n) is 6.40. The van der Waals surface area contributed by atoms with E-state index in [1.54, 1.807) is 0 Å². The Morgan fingerprint density at radius 2 is 1.11 bits per heavy atom. The molecule has 0 rings (SSSR count). The quantitative estimate of drug-likeness (QED) is 0.317. The van der Waals surface area contributed by atoms with Crippen molar-refractivity contribution in [1.29, 1.82) is 0 Å². The highest BCUT2D eigenvalue weighted by atomic mass is 14.1. The van der Waals surface area contributed by atoms with Crippen LogP contribution in [0.3, 0.4) is 0 Å². The molecule has 0 bridgehead atoms. The Hall–Kier alpha value is 0. The Kier molecular flexibility index (Phi) is 13.4. The van der Waals surface area contributed by atoms with Crippen molar-refractivity contribution in [2.24, 2.45) is 11.8 Å². The van der Waals surface area contributed by atoms with Crippen LogP contribution in [0.1, 0.15) is 97.8 Å². The van der Waals surface area contributed by atoms with Gasteiger partial charge in [0.25, 0.3) is 0 Å². The summed E-state index contributed by atoms with van der Waals surface area (Å²) in [5.41, 5.74) is 0. The average Bonchev–Trinajstić information content (AvgIpc) is 2.33. The Bertz CT molecular complexity index is 148. The van der Waals surface area contributed by atoms with Crippen molar-refractivity contribution in [3.8, 4) is 0 Å². The maximum Gasteiger partial charge on any atom is -0.0443 e. The minimum atomic E-state index is 0.642. The lowest BCUT2D eigenvalue weighted by Crippen LogP contribution is -1.96. The Balaban J connectivity index is 3.14. The molecule has 109 valence electrons. The number of hydrogen-bond acceptors (Lipinski definition) is 0. The maximum atomic E-state index is 4.05. The molecule has 0 aromatic carbocycles. The summed E-state index contributed by atoms with van der Waals surface area (Å²) in [6.07, 6.45) is 17.1. The van der Waals surface area contributed by atoms with Gasteiger partial charge >= 0.3 is 0 Å². The van der Waals surface area contributed by atoms with Gasteiger partial charge in [-0.05, 0) is 11.8 Å². The third-order valence-corrected chi connectivity index (χ3v) is 3.94. The largest absolute Gasteiger partial charge is 0.0654 e. The van der Waals surface area contributed by atoms with Crippen molar-refractivity contribution >= 4 is 0 Å². The van der Waals surface area contributed by atoms with E-state index >= 15 is 0 Å². The monoisotopic (exact) mass is 253 g/mol. The molecule has 0 aliphatic rings. The zero-order valence-electron chi connectivity index (χ0n) is 13.3. The third kappa shape index (κ3) is 14.1. The van der Waals surface area contributed by atoms with Crippen molar-refractivity contribution in [1.82, 2.24) is 0 Å². The lowest BCUT2D eigenvalue weighted by Gasteiger charge is -2.11. The van der Waals surface area contributed by atoms with E-state index in [2.05, 4.69) is 27.7 Å². The minimum absolute atomic E-state index is 0.642. The van der Waals surface area contributed by atoms with Gasteiger partial charge in [-0.15, -0.1) is 0 Å². The van der Waals surface area contributed by atoms with Crippen molar-refractivity contribution in [3.05, 3.63) is 6.92 Å². The van der Waals surface area contributed by atoms with Gasteiger partial charge < -0.3 is 0 Å². The molecular weight excluding hydrogens is 216 g/mol. The summed E-state index contributed by atoms with van der Waals surface area (Å²) >= 11 is 0. The maximum absolute atomic E-state index is 4.05. The topological polar surface area (TPSA) is 0 Å². The van der Waals surface area contributed by atoms with Crippen molar-refractivity contribution in [2.75, 3.05) is 0 Å². The van der Waals surface area contributed by atoms with E-state index < -0.39 is 0 Å². The van der Waals surface area contributed by atoms with Crippen LogP contribution in [-0.4, -0.2) is 0 Å². The smallest absolute Gasteiger partial charge is 0.0443 e. The van der Waals surface area contributed by atoms with Crippen LogP contribution >= 0.6 is 0 Å². The molecule has 0 aliphatic heterocycles. The molecule has 0 heterocycles. The second-order valence-corrected chi connectivity index (χ2v) is 6.40. The van der Waals surface area contributed by atoms with Crippen LogP contribution < -0.4 is 0 Å². The molecule has 0 N–H and O–H groups in total. The molecule has 0 nitrogen and oxygen atoms in total. The summed E-state index contributed by atoms with van der Waals surface area (Å²) in [6, 6.07) is 0. The van der Waals surface area contributed by atoms with Gasteiger partial charge in [-0.2, -0.15) is 0 Å². The summed E-state index contributed by atoms with van der Waals surface area (Å²) in [5, 5.41) is 0. The van der Waals surface area contributed by atoms with E-state index in [1.807, 2.05) is 0 Å². The van der Waals surface area contributed by atoms with E-state index in [4.69, 9.17) is 0 Å². The van der Waals surface area contributed by atoms with E-state index in [0.717, 1.165) is 5.92 Å². The predicted octanol–water partition coefficient (Wildman–Crippen LogP) is 6.79. The van der Waals surface area contributed by atoms with Gasteiger partial charge in [0, 0.05) is 0 Å². The highest BCUT2D eigenvalue weighted by Crippen LogP contribution is 2.18. The van der Waals surface area contributed by atoms with Crippen LogP contribution in [-0.2, 0) is 0 Å². The summed E-state index contributed by atoms with van der Waals surface area (Å²) in [6.45, 7) is 11.0. The molecule has 1 radical (unpaired) electrons. The van der Waals surface area contributed by atoms with E-state index in [0.29, 0.717) is 5.92 Å². The zero-order chi connectivity index (χ0) is 13.6. The molecule has 0 saturated heterocycles. The van der Waals surface area contributed by atoms with E-state index in [1.165, 1.54) is 77.0 Å². The van der Waals surface area contributed by atoms with Crippen molar-refractivity contribution in [2.45, 2.75) is 97.8 Å². The first-order valence-electron chi connectivity index (χ1n) is 8.49. The van der Waals surface area contributed by atoms with Gasteiger partial charge in [-0.25, -0.2) is 0 Å². The molecule has 0 saturated carbocycles. The number of rotatable bonds is 13. The summed E-state index contributed by atoms with van der Waals surface area (Å²) in [5.74, 6) is 1.59. The third-order valence-electron chi connectivity index (χ3n) is 3.94. The predicted molar refractivity (Wildman–Crippen MR) is 84.8 cm³/mol. The van der Waals surface area contributed by atoms with Crippen LogP contribution in [0.5, 0.6) is 0 Å². The van der Waals surface area contributed by atoms with E-state index in [-0.39, 0.29) is 0 Å². The SMILES string of the molecule is [CH2]C(C)CCCCC(C)CCCCCCCCC. The summed E-state index contributed by atoms with van der Waals surface area (Å²) in [4.78, 5) is 0. The molecule has 0 aromatic heterocycles. The highest BCUT2D eigenvalue weighted by molar-refractivity contribution is 4.58. The first-order valence-corrected chi connectivity index (χ1v) is 8.49. The van der Waals surface area contributed by atoms with Crippen LogP contribution in [0.2, 0.25) is 0 Å². The summed E-state index contributed by atoms with van der Waals surface area (Å²) in [7, 11) is 0. The lowest BCUT2D eigenvalue weighted by molar-refractivity contribution is 0.427. The average molecular weight is 253 g/mol. The van der Waals surface area contributed by atoms with E-state index in [9.17, 15) is 0 Å². The molecule has 0 aliphatic carbocycles. The Morgan fingerprint density at radius 1 is 0.667 bits per heavy atom. The molecule has 0 amide bonds. The first-order chi connectivity index (χ1) is 8.66. The van der Waals surface area contributed by atoms with Gasteiger partial charge in [-0.3, -0.25) is 0 Å². The molecular formula is C18H37. The van der Waals surface area contributed by atoms with Crippen LogP contribution in [0.15, 0.2) is 0 Å². The molecule has 0 fully saturated rings. The first kappa shape index (κ1) is 18.0. The number of hydrogen-bond donors (Lipinski definition) is 0. The van der Waals surface area contributed by atoms with Crippen molar-refractivity contribution < 1.29 is 0 Å². The molecule has 2 atom stereocenters. The Labute approximate surface area is 117 Å². The number of unbranched alkanes of at least 4 members (excludes halogenated alkanes) is 7. The molecule has 0 heteroatoms. The normalized spacial score (nSPS) is 13.2. The van der Waals surface area contributed by atoms with Gasteiger partial charge in [0.1, 0.15) is 0 Å². The van der Waals surface area contributed by atoms with Crippen LogP contribution in [0.25, 0.3) is 0 Å². The summed E-state index contributed by atoms with van der Waals surface area (Å²) < 4.78 is 0. The molecule has 18 heavy (non-hydrogen) atoms. The van der Waals surface area contributed by atoms with Crippen LogP contribution in [0.4, 0.5) is 0 Å². The fourth-order valence-electron chi connectivity index (χ4n) is 2.58. The molecule has 2 unspecified atom stereocenters. The molecule has 0 aromatic rings. The van der Waals surface area contributed by atoms with Crippen molar-refractivity contribution in [3.63, 3.8) is 0 Å². The molecule has 0 spiro atoms. The standard InChI is InChI=1S/C18H37/c1-5-6-7-8-9-10-11-15-18(4)16-13-12-14-17(2)3/h17-18H,2,5-16H2,1,3-4H3. The lowest BCUT2D eigenvalue weighted by atomic mass is 9.95. The van der Waals surface area contributed by atoms with Gasteiger partial charge in [0.2, 0.25) is 0 Å². The van der Waals surface area contributed by atoms with Gasteiger partial charge in [-0.1, -0.05) is 105 Å². The zero-order valence-corrected chi connectivity index (χ0v) is 13.3. The Morgan fingerprint density at radius 3 is 1.67 bits per heavy atom. The van der Waals surface area contributed by atoms with Crippen LogP contribution in [0, 0.1) is 18.8 Å². The second kappa shape index (κ2) is 13.4. The highest BCUT2D eigenvalue weighted by Gasteiger charge is 2.02. The minimum Gasteiger partial charge on any atom is -0.0654 e. The fraction of sp³-hybridized carbons (Fsp3) is 0.944. The van der Waals surface area contributed by atoms with Gasteiger partial charge in [0.15, 0.2) is 0 Å².